The molecular weight excluding hydrogens is 228 g/mol. The summed E-state index contributed by atoms with van der Waals surface area (Å²) in [5.74, 6) is 0.274. The molecule has 0 saturated carbocycles. The monoisotopic (exact) mass is 246 g/mol. The van der Waals surface area contributed by atoms with Crippen molar-refractivity contribution in [2.24, 2.45) is 5.92 Å². The fourth-order valence-electron chi connectivity index (χ4n) is 2.33. The van der Waals surface area contributed by atoms with Crippen LogP contribution in [-0.2, 0) is 4.79 Å². The van der Waals surface area contributed by atoms with Gasteiger partial charge < -0.3 is 4.90 Å². The highest BCUT2D eigenvalue weighted by atomic mass is 16.2. The predicted octanol–water partition coefficient (Wildman–Crippen LogP) is 1.83. The first-order valence-electron chi connectivity index (χ1n) is 6.37. The van der Waals surface area contributed by atoms with Crippen molar-refractivity contribution in [3.63, 3.8) is 0 Å². The quantitative estimate of drug-likeness (QED) is 0.800. The molecule has 1 aromatic rings. The third-order valence-electron chi connectivity index (χ3n) is 3.54. The molecule has 0 aliphatic carbocycles. The number of aryl methyl sites for hydroxylation is 1. The summed E-state index contributed by atoms with van der Waals surface area (Å²) in [6.45, 7) is 4.90. The maximum absolute atomic E-state index is 12.4. The van der Waals surface area contributed by atoms with Crippen molar-refractivity contribution in [3.8, 4) is 0 Å². The minimum absolute atomic E-state index is 0.000299. The van der Waals surface area contributed by atoms with Gasteiger partial charge in [0.15, 0.2) is 0 Å². The van der Waals surface area contributed by atoms with Crippen molar-refractivity contribution in [1.29, 1.82) is 0 Å². The van der Waals surface area contributed by atoms with Crippen molar-refractivity contribution >= 4 is 11.7 Å². The zero-order chi connectivity index (χ0) is 13.1. The third-order valence-corrected chi connectivity index (χ3v) is 3.54. The Hall–Kier alpha value is -1.71. The summed E-state index contributed by atoms with van der Waals surface area (Å²) in [6.07, 6.45) is 2.96. The molecular formula is C14H18N2O2. The Bertz CT molecular complexity index is 471. The normalized spacial score (nSPS) is 20.0. The Morgan fingerprint density at radius 2 is 2.33 bits per heavy atom. The summed E-state index contributed by atoms with van der Waals surface area (Å²) < 4.78 is 0. The second kappa shape index (κ2) is 5.29. The smallest absolute Gasteiger partial charge is 0.255 e. The number of likely N-dealkylation sites (tertiary alicyclic amines) is 1. The highest BCUT2D eigenvalue weighted by molar-refractivity contribution is 5.96. The summed E-state index contributed by atoms with van der Waals surface area (Å²) in [5.41, 5.74) is 1.38. The molecule has 1 fully saturated rings. The maximum atomic E-state index is 12.4. The molecule has 96 valence electrons. The molecule has 1 amide bonds. The van der Waals surface area contributed by atoms with Crippen molar-refractivity contribution in [2.45, 2.75) is 26.7 Å². The second-order valence-electron chi connectivity index (χ2n) is 4.71. The van der Waals surface area contributed by atoms with E-state index in [2.05, 4.69) is 4.98 Å². The van der Waals surface area contributed by atoms with Crippen molar-refractivity contribution in [3.05, 3.63) is 29.6 Å². The van der Waals surface area contributed by atoms with Gasteiger partial charge in [-0.3, -0.25) is 14.6 Å². The van der Waals surface area contributed by atoms with Crippen LogP contribution in [0.15, 0.2) is 18.3 Å². The van der Waals surface area contributed by atoms with Gasteiger partial charge in [0.1, 0.15) is 5.78 Å². The van der Waals surface area contributed by atoms with Crippen LogP contribution in [0.5, 0.6) is 0 Å². The van der Waals surface area contributed by atoms with Crippen molar-refractivity contribution < 1.29 is 9.59 Å². The number of carbonyl (C=O) groups is 2. The van der Waals surface area contributed by atoms with Crippen LogP contribution in [0.25, 0.3) is 0 Å². The molecule has 4 nitrogen and oxygen atoms in total. The number of hydrogen-bond donors (Lipinski definition) is 0. The molecule has 0 spiro atoms. The first-order chi connectivity index (χ1) is 8.63. The van der Waals surface area contributed by atoms with Crippen LogP contribution in [0.2, 0.25) is 0 Å². The van der Waals surface area contributed by atoms with Gasteiger partial charge in [-0.2, -0.15) is 0 Å². The van der Waals surface area contributed by atoms with Crippen LogP contribution < -0.4 is 0 Å². The van der Waals surface area contributed by atoms with E-state index in [1.807, 2.05) is 13.8 Å². The molecule has 0 N–H and O–H groups in total. The molecule has 0 bridgehead atoms. The molecule has 0 radical (unpaired) electrons. The standard InChI is InChI=1S/C14H18N2O2/c1-3-11-9-16(8-6-13(11)17)14(18)12-5-4-7-15-10(12)2/h4-5,7,11H,3,6,8-9H2,1-2H3. The van der Waals surface area contributed by atoms with Crippen LogP contribution in [0.4, 0.5) is 0 Å². The Morgan fingerprint density at radius 3 is 3.00 bits per heavy atom. The number of piperidine rings is 1. The van der Waals surface area contributed by atoms with Gasteiger partial charge in [-0.05, 0) is 25.5 Å². The molecule has 2 heterocycles. The summed E-state index contributed by atoms with van der Waals surface area (Å²) in [6, 6.07) is 3.56. The zero-order valence-electron chi connectivity index (χ0n) is 10.8. The number of aromatic nitrogens is 1. The molecule has 1 saturated heterocycles. The van der Waals surface area contributed by atoms with Gasteiger partial charge in [-0.25, -0.2) is 0 Å². The van der Waals surface area contributed by atoms with E-state index in [0.717, 1.165) is 12.1 Å². The van der Waals surface area contributed by atoms with Crippen molar-refractivity contribution in [1.82, 2.24) is 9.88 Å². The second-order valence-corrected chi connectivity index (χ2v) is 4.71. The van der Waals surface area contributed by atoms with Gasteiger partial charge in [0.05, 0.1) is 5.56 Å². The van der Waals surface area contributed by atoms with Gasteiger partial charge in [0, 0.05) is 37.3 Å². The predicted molar refractivity (Wildman–Crippen MR) is 68.3 cm³/mol. The lowest BCUT2D eigenvalue weighted by atomic mass is 9.93. The number of Topliss-reactive ketones (excluding diaryl/α,β-unsaturated/α-hetero) is 1. The number of rotatable bonds is 2. The first kappa shape index (κ1) is 12.7. The molecule has 2 rings (SSSR count). The number of hydrogen-bond acceptors (Lipinski definition) is 3. The Kier molecular flexibility index (Phi) is 3.75. The van der Waals surface area contributed by atoms with E-state index in [4.69, 9.17) is 0 Å². The van der Waals surface area contributed by atoms with Crippen molar-refractivity contribution in [2.75, 3.05) is 13.1 Å². The average molecular weight is 246 g/mol. The van der Waals surface area contributed by atoms with Crippen LogP contribution in [0, 0.1) is 12.8 Å². The molecule has 1 aliphatic rings. The van der Waals surface area contributed by atoms with E-state index in [-0.39, 0.29) is 17.6 Å². The van der Waals surface area contributed by atoms with Gasteiger partial charge in [0.25, 0.3) is 5.91 Å². The van der Waals surface area contributed by atoms with Gasteiger partial charge >= 0.3 is 0 Å². The van der Waals surface area contributed by atoms with Crippen LogP contribution in [0.1, 0.15) is 35.8 Å². The lowest BCUT2D eigenvalue weighted by Gasteiger charge is -2.31. The SMILES string of the molecule is CCC1CN(C(=O)c2cccnc2C)CCC1=O. The van der Waals surface area contributed by atoms with Gasteiger partial charge in [-0.1, -0.05) is 6.92 Å². The summed E-state index contributed by atoms with van der Waals surface area (Å²) in [7, 11) is 0. The molecule has 1 atom stereocenters. The molecule has 0 aromatic carbocycles. The van der Waals surface area contributed by atoms with Crippen LogP contribution >= 0.6 is 0 Å². The maximum Gasteiger partial charge on any atom is 0.255 e. The highest BCUT2D eigenvalue weighted by Gasteiger charge is 2.29. The number of pyridine rings is 1. The number of carbonyl (C=O) groups excluding carboxylic acids is 2. The van der Waals surface area contributed by atoms with E-state index in [1.165, 1.54) is 0 Å². The van der Waals surface area contributed by atoms with E-state index in [1.54, 1.807) is 23.2 Å². The largest absolute Gasteiger partial charge is 0.337 e. The highest BCUT2D eigenvalue weighted by Crippen LogP contribution is 2.18. The van der Waals surface area contributed by atoms with E-state index in [9.17, 15) is 9.59 Å². The zero-order valence-corrected chi connectivity index (χ0v) is 10.8. The summed E-state index contributed by atoms with van der Waals surface area (Å²) in [5, 5.41) is 0. The third kappa shape index (κ3) is 2.42. The minimum Gasteiger partial charge on any atom is -0.337 e. The van der Waals surface area contributed by atoms with Crippen LogP contribution in [0.3, 0.4) is 0 Å². The lowest BCUT2D eigenvalue weighted by Crippen LogP contribution is -2.44. The summed E-state index contributed by atoms with van der Waals surface area (Å²) in [4.78, 5) is 29.9. The lowest BCUT2D eigenvalue weighted by molar-refractivity contribution is -0.125. The molecule has 1 aromatic heterocycles. The fraction of sp³-hybridized carbons (Fsp3) is 0.500. The topological polar surface area (TPSA) is 50.3 Å². The molecule has 1 unspecified atom stereocenters. The molecule has 18 heavy (non-hydrogen) atoms. The summed E-state index contributed by atoms with van der Waals surface area (Å²) >= 11 is 0. The number of nitrogens with zero attached hydrogens (tertiary/aromatic N) is 2. The minimum atomic E-state index is -0.00782. The Labute approximate surface area is 107 Å². The fourth-order valence-corrected chi connectivity index (χ4v) is 2.33. The average Bonchev–Trinajstić information content (AvgIpc) is 2.39. The van der Waals surface area contributed by atoms with E-state index >= 15 is 0 Å². The first-order valence-corrected chi connectivity index (χ1v) is 6.37. The number of ketones is 1. The number of amides is 1. The van der Waals surface area contributed by atoms with E-state index < -0.39 is 0 Å². The van der Waals surface area contributed by atoms with Crippen LogP contribution in [-0.4, -0.2) is 34.7 Å². The Morgan fingerprint density at radius 1 is 1.56 bits per heavy atom. The Balaban J connectivity index is 2.15. The van der Waals surface area contributed by atoms with Gasteiger partial charge in [0.2, 0.25) is 0 Å². The van der Waals surface area contributed by atoms with Gasteiger partial charge in [-0.15, -0.1) is 0 Å². The van der Waals surface area contributed by atoms with E-state index in [0.29, 0.717) is 25.1 Å². The molecule has 4 heteroatoms. The molecule has 1 aliphatic heterocycles.